The number of esters is 2. The number of aliphatic hydroxyl groups is 1. The number of nitrogens with two attached hydrogens (primary N) is 1. The molecule has 0 aromatic heterocycles. The van der Waals surface area contributed by atoms with Crippen molar-refractivity contribution in [2.24, 2.45) is 5.73 Å². The molecule has 8 rings (SSSR count). The zero-order valence-electron chi connectivity index (χ0n) is 45.8. The average molecular weight is 1250 g/mol. The van der Waals surface area contributed by atoms with E-state index >= 15 is 0 Å². The van der Waals surface area contributed by atoms with Crippen LogP contribution in [0.4, 0.5) is 0 Å². The fourth-order valence-corrected chi connectivity index (χ4v) is 9.62. The molecule has 0 unspecified atom stereocenters. The van der Waals surface area contributed by atoms with Gasteiger partial charge < -0.3 is 71.8 Å². The monoisotopic (exact) mass is 1250 g/mol. The molecule has 2 aliphatic rings. The van der Waals surface area contributed by atoms with Crippen molar-refractivity contribution >= 4 is 88.4 Å². The molecule has 23 nitrogen and oxygen atoms in total. The van der Waals surface area contributed by atoms with Crippen molar-refractivity contribution < 1.29 is 98.6 Å². The van der Waals surface area contributed by atoms with Crippen molar-refractivity contribution in [2.45, 2.75) is 95.7 Å². The van der Waals surface area contributed by atoms with Crippen molar-refractivity contribution in [1.29, 1.82) is 0 Å². The van der Waals surface area contributed by atoms with E-state index in [-0.39, 0.29) is 62.7 Å². The first-order valence-corrected chi connectivity index (χ1v) is 27.0. The summed E-state index contributed by atoms with van der Waals surface area (Å²) in [6, 6.07) is 26.8. The average Bonchev–Trinajstić information content (AvgIpc) is 0.984. The Hall–Kier alpha value is -9.26. The van der Waals surface area contributed by atoms with Crippen LogP contribution in [0, 0.1) is 0 Å². The zero-order chi connectivity index (χ0) is 63.9. The van der Waals surface area contributed by atoms with Crippen molar-refractivity contribution in [1.82, 2.24) is 10.6 Å². The topological polar surface area (TPSA) is 404 Å². The maximum absolute atomic E-state index is 12.6. The van der Waals surface area contributed by atoms with E-state index in [9.17, 15) is 78.9 Å². The SMILES string of the molecule is C[C@@H]1Cc2c(Cl)cc(C(=O)N[C@@H](Cc3ccccc3)C(=O)O)c(O)c2C(=O)O1.C[C@@H]1Cc2c(Cl)cc(C(=O)O)c(O)c2C(=O)O1.C[C@H](O)Cc1c(Cl)cc(C(=O)N[C@@H](Cc2ccccc2)C(=O)O)c(O)c1C(=O)O.N[C@@H](Cc1ccccc1)C(=O)O. The minimum Gasteiger partial charge on any atom is -0.506 e. The zero-order valence-corrected chi connectivity index (χ0v) is 48.1. The van der Waals surface area contributed by atoms with Gasteiger partial charge in [-0.15, -0.1) is 0 Å². The Balaban J connectivity index is 0.000000220. The van der Waals surface area contributed by atoms with Gasteiger partial charge in [-0.05, 0) is 78.8 Å². The number of carbonyl (C=O) groups is 9. The number of aliphatic carboxylic acids is 3. The van der Waals surface area contributed by atoms with Gasteiger partial charge in [0.1, 0.15) is 69.8 Å². The molecule has 6 aromatic rings. The molecule has 6 aromatic carbocycles. The van der Waals surface area contributed by atoms with E-state index in [1.807, 2.05) is 30.3 Å². The van der Waals surface area contributed by atoms with Crippen LogP contribution >= 0.6 is 34.8 Å². The van der Waals surface area contributed by atoms with Crippen LogP contribution in [0.25, 0.3) is 0 Å². The predicted octanol–water partition coefficient (Wildman–Crippen LogP) is 7.15. The molecule has 13 N–H and O–H groups in total. The van der Waals surface area contributed by atoms with Crippen LogP contribution < -0.4 is 16.4 Å². The molecule has 0 bridgehead atoms. The third kappa shape index (κ3) is 17.9. The van der Waals surface area contributed by atoms with Crippen molar-refractivity contribution in [3.63, 3.8) is 0 Å². The van der Waals surface area contributed by atoms with E-state index < -0.39 is 118 Å². The highest BCUT2D eigenvalue weighted by atomic mass is 35.5. The summed E-state index contributed by atoms with van der Waals surface area (Å²) in [5.41, 5.74) is 6.42. The Kier molecular flexibility index (Phi) is 24.0. The van der Waals surface area contributed by atoms with E-state index in [4.69, 9.17) is 60.2 Å². The molecule has 0 saturated carbocycles. The van der Waals surface area contributed by atoms with Crippen molar-refractivity contribution in [3.05, 3.63) is 191 Å². The first-order valence-electron chi connectivity index (χ1n) is 25.9. The quantitative estimate of drug-likeness (QED) is 0.0403. The van der Waals surface area contributed by atoms with Gasteiger partial charge in [0.15, 0.2) is 0 Å². The molecule has 2 heterocycles. The molecular formula is C60H58Cl3N3O20. The van der Waals surface area contributed by atoms with E-state index in [0.29, 0.717) is 36.0 Å². The molecular weight excluding hydrogens is 1190 g/mol. The first-order chi connectivity index (χ1) is 40.5. The number of amides is 2. The number of carbonyl (C=O) groups excluding carboxylic acids is 4. The van der Waals surface area contributed by atoms with E-state index in [1.54, 1.807) is 74.5 Å². The first kappa shape index (κ1) is 67.5. The lowest BCUT2D eigenvalue weighted by Gasteiger charge is -2.24. The summed E-state index contributed by atoms with van der Waals surface area (Å²) >= 11 is 18.2. The number of aromatic carboxylic acids is 2. The molecule has 0 spiro atoms. The third-order valence-corrected chi connectivity index (χ3v) is 13.9. The lowest BCUT2D eigenvalue weighted by atomic mass is 9.95. The molecule has 0 fully saturated rings. The Morgan fingerprint density at radius 2 is 0.895 bits per heavy atom. The van der Waals surface area contributed by atoms with Crippen LogP contribution in [0.2, 0.25) is 15.1 Å². The number of ether oxygens (including phenoxy) is 2. The van der Waals surface area contributed by atoms with Gasteiger partial charge in [-0.3, -0.25) is 14.4 Å². The van der Waals surface area contributed by atoms with Crippen LogP contribution in [-0.2, 0) is 62.4 Å². The van der Waals surface area contributed by atoms with Gasteiger partial charge in [0.25, 0.3) is 11.8 Å². The minimum atomic E-state index is -1.53. The van der Waals surface area contributed by atoms with Crippen LogP contribution in [0.1, 0.15) is 116 Å². The fraction of sp³-hybridized carbons (Fsp3) is 0.250. The fourth-order valence-electron chi connectivity index (χ4n) is 8.78. The minimum absolute atomic E-state index is 0.0116. The Labute approximate surface area is 505 Å². The summed E-state index contributed by atoms with van der Waals surface area (Å²) in [5, 5.41) is 90.6. The highest BCUT2D eigenvalue weighted by Crippen LogP contribution is 2.39. The normalized spacial score (nSPS) is 15.1. The van der Waals surface area contributed by atoms with E-state index in [0.717, 1.165) is 23.3 Å². The Bertz CT molecular complexity index is 3530. The van der Waals surface area contributed by atoms with E-state index in [2.05, 4.69) is 10.6 Å². The number of fused-ring (bicyclic) bond motifs is 2. The summed E-state index contributed by atoms with van der Waals surface area (Å²) in [4.78, 5) is 105. The standard InChI is InChI=1S/C20H20ClNO7.C20H18ClNO6.C11H9ClO5.C9H11NO2/c1-10(23)7-12-14(21)9-13(17(24)16(12)20(28)29)18(25)22-15(19(26)27)8-11-5-3-2-4-6-11;1-10-7-12-14(21)9-13(17(23)16(12)20(27)28-10)18(24)22-15(19(25)26)8-11-5-3-2-4-6-11;1-4-2-5-7(12)3-6(10(14)15)9(13)8(5)11(16)17-4;10-8(9(11)12)6-7-4-2-1-3-5-7/h2-6,9-10,15,23-24H,7-8H2,1H3,(H,22,25)(H,26,27)(H,28,29);2-6,9-10,15,23H,7-8H2,1H3,(H,22,24)(H,25,26);3-4,13H,2H2,1H3,(H,14,15);1-5,8H,6,10H2,(H,11,12)/t10-,15-;10-,15+;4-;8-/m0110/s1. The Morgan fingerprint density at radius 1 is 0.535 bits per heavy atom. The van der Waals surface area contributed by atoms with Gasteiger partial charge in [0.2, 0.25) is 0 Å². The lowest BCUT2D eigenvalue weighted by molar-refractivity contribution is -0.140. The predicted molar refractivity (Wildman–Crippen MR) is 310 cm³/mol. The molecule has 0 saturated heterocycles. The molecule has 0 aliphatic carbocycles. The number of aliphatic hydroxyl groups excluding tert-OH is 1. The molecule has 2 aliphatic heterocycles. The van der Waals surface area contributed by atoms with Gasteiger partial charge >= 0.3 is 41.8 Å². The number of rotatable bonds is 17. The number of nitrogens with one attached hydrogen (secondary N) is 2. The molecule has 6 atom stereocenters. The molecule has 26 heteroatoms. The van der Waals surface area contributed by atoms with Gasteiger partial charge in [0, 0.05) is 47.2 Å². The molecule has 0 radical (unpaired) electrons. The van der Waals surface area contributed by atoms with Gasteiger partial charge in [-0.1, -0.05) is 126 Å². The number of halogens is 3. The van der Waals surface area contributed by atoms with Crippen LogP contribution in [0.15, 0.2) is 109 Å². The number of benzene rings is 6. The number of cyclic esters (lactones) is 2. The highest BCUT2D eigenvalue weighted by molar-refractivity contribution is 6.33. The van der Waals surface area contributed by atoms with Crippen molar-refractivity contribution in [3.8, 4) is 17.2 Å². The molecule has 86 heavy (non-hydrogen) atoms. The van der Waals surface area contributed by atoms with E-state index in [1.165, 1.54) is 13.0 Å². The van der Waals surface area contributed by atoms with Crippen LogP contribution in [0.5, 0.6) is 17.2 Å². The largest absolute Gasteiger partial charge is 0.506 e. The second-order valence-electron chi connectivity index (χ2n) is 19.6. The number of carboxylic acid groups (broad SMARTS) is 5. The highest BCUT2D eigenvalue weighted by Gasteiger charge is 2.35. The third-order valence-electron chi connectivity index (χ3n) is 12.9. The number of phenolic OH excluding ortho intramolecular Hbond substituents is 1. The molecule has 454 valence electrons. The smallest absolute Gasteiger partial charge is 0.342 e. The van der Waals surface area contributed by atoms with Gasteiger partial charge in [-0.2, -0.15) is 0 Å². The summed E-state index contributed by atoms with van der Waals surface area (Å²) in [6.45, 7) is 4.80. The van der Waals surface area contributed by atoms with Crippen molar-refractivity contribution in [2.75, 3.05) is 0 Å². The number of phenols is 3. The maximum atomic E-state index is 12.6. The Morgan fingerprint density at radius 3 is 1.26 bits per heavy atom. The number of aromatic hydroxyl groups is 3. The number of carboxylic acids is 5. The van der Waals surface area contributed by atoms with Gasteiger partial charge in [-0.25, -0.2) is 28.8 Å². The summed E-state index contributed by atoms with van der Waals surface area (Å²) in [6.07, 6.45) is -0.747. The van der Waals surface area contributed by atoms with Crippen LogP contribution in [0.3, 0.4) is 0 Å². The van der Waals surface area contributed by atoms with Crippen LogP contribution in [-0.4, -0.2) is 136 Å². The number of hydrogen-bond acceptors (Lipinski definition) is 16. The second kappa shape index (κ2) is 30.5. The summed E-state index contributed by atoms with van der Waals surface area (Å²) < 4.78 is 10.0. The lowest BCUT2D eigenvalue weighted by Crippen LogP contribution is -2.42. The number of hydrogen-bond donors (Lipinski definition) is 12. The molecule has 2 amide bonds. The maximum Gasteiger partial charge on any atom is 0.342 e. The second-order valence-corrected chi connectivity index (χ2v) is 20.8. The van der Waals surface area contributed by atoms with Gasteiger partial charge in [0.05, 0.1) is 17.2 Å². The summed E-state index contributed by atoms with van der Waals surface area (Å²) in [5.74, 6) is -11.7. The summed E-state index contributed by atoms with van der Waals surface area (Å²) in [7, 11) is 0.